The second-order valence-corrected chi connectivity index (χ2v) is 6.12. The lowest BCUT2D eigenvalue weighted by Gasteiger charge is -2.48. The standard InChI is InChI=1S/C14H21ClN4/c1-10-7-18-6-4-3-5-12(18)8-19(10)14-11(2)13(15)16-9-17-14/h9-10,12H,3-8H2,1-2H3. The molecule has 2 aliphatic rings. The topological polar surface area (TPSA) is 32.3 Å². The van der Waals surface area contributed by atoms with Gasteiger partial charge in [-0.1, -0.05) is 18.0 Å². The molecule has 4 nitrogen and oxygen atoms in total. The number of anilines is 1. The van der Waals surface area contributed by atoms with Crippen LogP contribution in [0.1, 0.15) is 31.7 Å². The minimum atomic E-state index is 0.485. The van der Waals surface area contributed by atoms with Crippen LogP contribution in [-0.4, -0.2) is 46.6 Å². The van der Waals surface area contributed by atoms with Crippen LogP contribution in [0.25, 0.3) is 0 Å². The number of fused-ring (bicyclic) bond motifs is 1. The number of piperazine rings is 1. The van der Waals surface area contributed by atoms with E-state index in [1.165, 1.54) is 25.8 Å². The predicted molar refractivity (Wildman–Crippen MR) is 77.8 cm³/mol. The lowest BCUT2D eigenvalue weighted by molar-refractivity contribution is 0.115. The highest BCUT2D eigenvalue weighted by atomic mass is 35.5. The van der Waals surface area contributed by atoms with Crippen LogP contribution in [0.3, 0.4) is 0 Å². The Bertz CT molecular complexity index is 465. The van der Waals surface area contributed by atoms with Crippen LogP contribution < -0.4 is 4.90 Å². The fourth-order valence-electron chi connectivity index (χ4n) is 3.36. The molecule has 0 aliphatic carbocycles. The van der Waals surface area contributed by atoms with Crippen molar-refractivity contribution in [1.29, 1.82) is 0 Å². The maximum Gasteiger partial charge on any atom is 0.137 e. The second-order valence-electron chi connectivity index (χ2n) is 5.76. The van der Waals surface area contributed by atoms with E-state index in [9.17, 15) is 0 Å². The third kappa shape index (κ3) is 2.43. The molecule has 1 aromatic heterocycles. The predicted octanol–water partition coefficient (Wildman–Crippen LogP) is 2.50. The number of aromatic nitrogens is 2. The van der Waals surface area contributed by atoms with E-state index in [4.69, 9.17) is 11.6 Å². The van der Waals surface area contributed by atoms with Gasteiger partial charge in [-0.2, -0.15) is 0 Å². The van der Waals surface area contributed by atoms with Crippen LogP contribution in [0.15, 0.2) is 6.33 Å². The number of hydrogen-bond acceptors (Lipinski definition) is 4. The van der Waals surface area contributed by atoms with Crippen LogP contribution in [0.2, 0.25) is 5.15 Å². The normalized spacial score (nSPS) is 28.3. The molecule has 2 fully saturated rings. The van der Waals surface area contributed by atoms with Gasteiger partial charge in [0.15, 0.2) is 0 Å². The molecule has 5 heteroatoms. The second kappa shape index (κ2) is 5.25. The first-order chi connectivity index (χ1) is 9.16. The van der Waals surface area contributed by atoms with Gasteiger partial charge in [0, 0.05) is 30.7 Å². The highest BCUT2D eigenvalue weighted by molar-refractivity contribution is 6.30. The van der Waals surface area contributed by atoms with Gasteiger partial charge < -0.3 is 4.90 Å². The van der Waals surface area contributed by atoms with Crippen molar-refractivity contribution >= 4 is 17.4 Å². The Morgan fingerprint density at radius 2 is 2.11 bits per heavy atom. The van der Waals surface area contributed by atoms with Crippen LogP contribution in [0, 0.1) is 6.92 Å². The first-order valence-corrected chi connectivity index (χ1v) is 7.52. The third-order valence-electron chi connectivity index (χ3n) is 4.46. The Labute approximate surface area is 119 Å². The summed E-state index contributed by atoms with van der Waals surface area (Å²) in [5, 5.41) is 0.572. The van der Waals surface area contributed by atoms with Gasteiger partial charge in [0.1, 0.15) is 17.3 Å². The van der Waals surface area contributed by atoms with Gasteiger partial charge in [0.05, 0.1) is 0 Å². The van der Waals surface area contributed by atoms with Crippen molar-refractivity contribution in [2.75, 3.05) is 24.5 Å². The molecule has 3 rings (SSSR count). The quantitative estimate of drug-likeness (QED) is 0.740. The summed E-state index contributed by atoms with van der Waals surface area (Å²) in [7, 11) is 0. The van der Waals surface area contributed by atoms with Gasteiger partial charge in [0.2, 0.25) is 0 Å². The number of rotatable bonds is 1. The van der Waals surface area contributed by atoms with Crippen LogP contribution >= 0.6 is 11.6 Å². The molecule has 2 unspecified atom stereocenters. The first-order valence-electron chi connectivity index (χ1n) is 7.14. The highest BCUT2D eigenvalue weighted by Gasteiger charge is 2.34. The first kappa shape index (κ1) is 13.1. The van der Waals surface area contributed by atoms with E-state index in [2.05, 4.69) is 26.7 Å². The maximum atomic E-state index is 6.13. The number of nitrogens with zero attached hydrogens (tertiary/aromatic N) is 4. The molecule has 104 valence electrons. The molecular formula is C14H21ClN4. The van der Waals surface area contributed by atoms with Crippen molar-refractivity contribution < 1.29 is 0 Å². The van der Waals surface area contributed by atoms with Gasteiger partial charge in [-0.3, -0.25) is 4.90 Å². The zero-order valence-corrected chi connectivity index (χ0v) is 12.4. The van der Waals surface area contributed by atoms with Crippen molar-refractivity contribution in [3.05, 3.63) is 17.0 Å². The lowest BCUT2D eigenvalue weighted by atomic mass is 9.97. The zero-order chi connectivity index (χ0) is 13.4. The van der Waals surface area contributed by atoms with Crippen LogP contribution in [0.5, 0.6) is 0 Å². The molecule has 0 bridgehead atoms. The van der Waals surface area contributed by atoms with Gasteiger partial charge in [-0.05, 0) is 33.2 Å². The Balaban J connectivity index is 1.86. The summed E-state index contributed by atoms with van der Waals surface area (Å²) in [5.41, 5.74) is 1.00. The maximum absolute atomic E-state index is 6.13. The Morgan fingerprint density at radius 1 is 1.26 bits per heavy atom. The summed E-state index contributed by atoms with van der Waals surface area (Å²) in [6.07, 6.45) is 5.58. The molecule has 0 amide bonds. The molecule has 19 heavy (non-hydrogen) atoms. The van der Waals surface area contributed by atoms with Crippen molar-refractivity contribution in [3.8, 4) is 0 Å². The fraction of sp³-hybridized carbons (Fsp3) is 0.714. The largest absolute Gasteiger partial charge is 0.351 e. The lowest BCUT2D eigenvalue weighted by Crippen LogP contribution is -2.59. The molecular weight excluding hydrogens is 260 g/mol. The van der Waals surface area contributed by atoms with Crippen molar-refractivity contribution in [2.24, 2.45) is 0 Å². The van der Waals surface area contributed by atoms with E-state index in [1.54, 1.807) is 6.33 Å². The van der Waals surface area contributed by atoms with Crippen LogP contribution in [0.4, 0.5) is 5.82 Å². The number of halogens is 1. The van der Waals surface area contributed by atoms with Gasteiger partial charge in [0.25, 0.3) is 0 Å². The molecule has 3 heterocycles. The summed E-state index contributed by atoms with van der Waals surface area (Å²) >= 11 is 6.13. The Hall–Kier alpha value is -0.870. The van der Waals surface area contributed by atoms with E-state index in [0.29, 0.717) is 17.2 Å². The molecule has 2 aliphatic heterocycles. The van der Waals surface area contributed by atoms with Crippen LogP contribution in [-0.2, 0) is 0 Å². The molecule has 2 atom stereocenters. The minimum Gasteiger partial charge on any atom is -0.351 e. The van der Waals surface area contributed by atoms with E-state index < -0.39 is 0 Å². The van der Waals surface area contributed by atoms with E-state index in [0.717, 1.165) is 24.5 Å². The molecule has 1 aromatic rings. The molecule has 2 saturated heterocycles. The summed E-state index contributed by atoms with van der Waals surface area (Å²) in [6, 6.07) is 1.16. The van der Waals surface area contributed by atoms with E-state index in [-0.39, 0.29) is 0 Å². The fourth-order valence-corrected chi connectivity index (χ4v) is 3.49. The van der Waals surface area contributed by atoms with Crippen molar-refractivity contribution in [1.82, 2.24) is 14.9 Å². The third-order valence-corrected chi connectivity index (χ3v) is 4.84. The minimum absolute atomic E-state index is 0.485. The zero-order valence-electron chi connectivity index (χ0n) is 11.6. The van der Waals surface area contributed by atoms with E-state index >= 15 is 0 Å². The van der Waals surface area contributed by atoms with Gasteiger partial charge in [-0.15, -0.1) is 0 Å². The molecule has 0 aromatic carbocycles. The Kier molecular flexibility index (Phi) is 3.63. The van der Waals surface area contributed by atoms with E-state index in [1.807, 2.05) is 6.92 Å². The average Bonchev–Trinajstić information content (AvgIpc) is 2.41. The number of hydrogen-bond donors (Lipinski definition) is 0. The molecule has 0 radical (unpaired) electrons. The molecule has 0 saturated carbocycles. The van der Waals surface area contributed by atoms with Crippen molar-refractivity contribution in [3.63, 3.8) is 0 Å². The summed E-state index contributed by atoms with van der Waals surface area (Å²) in [6.45, 7) is 7.74. The average molecular weight is 281 g/mol. The van der Waals surface area contributed by atoms with Gasteiger partial charge in [-0.25, -0.2) is 9.97 Å². The summed E-state index contributed by atoms with van der Waals surface area (Å²) in [5.74, 6) is 1.01. The summed E-state index contributed by atoms with van der Waals surface area (Å²) < 4.78 is 0. The monoisotopic (exact) mass is 280 g/mol. The smallest absolute Gasteiger partial charge is 0.137 e. The van der Waals surface area contributed by atoms with Crippen molar-refractivity contribution in [2.45, 2.75) is 45.2 Å². The highest BCUT2D eigenvalue weighted by Crippen LogP contribution is 2.30. The Morgan fingerprint density at radius 3 is 2.95 bits per heavy atom. The molecule has 0 spiro atoms. The number of piperidine rings is 1. The van der Waals surface area contributed by atoms with Gasteiger partial charge >= 0.3 is 0 Å². The SMILES string of the molecule is Cc1c(Cl)ncnc1N1CC2CCCCN2CC1C. The molecule has 0 N–H and O–H groups in total. The summed E-state index contributed by atoms with van der Waals surface area (Å²) in [4.78, 5) is 13.6.